The molecule has 1 aliphatic heterocycles. The minimum absolute atomic E-state index is 0.0238. The Kier molecular flexibility index (Phi) is 2.98. The Labute approximate surface area is 131 Å². The average molecular weight is 311 g/mol. The number of halogens is 1. The van der Waals surface area contributed by atoms with Crippen molar-refractivity contribution in [1.29, 1.82) is 0 Å². The van der Waals surface area contributed by atoms with Gasteiger partial charge in [0, 0.05) is 28.9 Å². The Morgan fingerprint density at radius 3 is 2.86 bits per heavy atom. The summed E-state index contributed by atoms with van der Waals surface area (Å²) in [6, 6.07) is 11.7. The summed E-state index contributed by atoms with van der Waals surface area (Å²) in [6.45, 7) is -0.0238. The van der Waals surface area contributed by atoms with Crippen LogP contribution in [0.3, 0.4) is 0 Å². The highest BCUT2D eigenvalue weighted by Crippen LogP contribution is 2.43. The largest absolute Gasteiger partial charge is 0.480 e. The van der Waals surface area contributed by atoms with Crippen molar-refractivity contribution in [2.45, 2.75) is 0 Å². The maximum Gasteiger partial charge on any atom is 0.262 e. The Morgan fingerprint density at radius 1 is 1.09 bits per heavy atom. The van der Waals surface area contributed by atoms with Crippen molar-refractivity contribution in [2.24, 2.45) is 0 Å². The second-order valence-corrected chi connectivity index (χ2v) is 5.43. The number of aromatic nitrogens is 1. The zero-order chi connectivity index (χ0) is 15.1. The monoisotopic (exact) mass is 310 g/mol. The third-order valence-electron chi connectivity index (χ3n) is 3.68. The minimum Gasteiger partial charge on any atom is -0.480 e. The average Bonchev–Trinajstić information content (AvgIpc) is 2.55. The van der Waals surface area contributed by atoms with E-state index >= 15 is 0 Å². The summed E-state index contributed by atoms with van der Waals surface area (Å²) >= 11 is 6.51. The number of amides is 1. The second kappa shape index (κ2) is 5.00. The predicted octanol–water partition coefficient (Wildman–Crippen LogP) is 3.89. The van der Waals surface area contributed by atoms with Crippen molar-refractivity contribution in [3.05, 3.63) is 53.8 Å². The molecule has 0 aliphatic carbocycles. The van der Waals surface area contributed by atoms with E-state index in [2.05, 4.69) is 10.3 Å². The lowest BCUT2D eigenvalue weighted by atomic mass is 10.00. The third kappa shape index (κ3) is 2.00. The molecular formula is C17H11ClN2O2. The van der Waals surface area contributed by atoms with Crippen LogP contribution in [-0.2, 0) is 4.79 Å². The maximum absolute atomic E-state index is 11.4. The summed E-state index contributed by atoms with van der Waals surface area (Å²) in [6.07, 6.45) is 3.61. The Bertz CT molecular complexity index is 903. The number of carbonyl (C=O) groups is 1. The molecule has 0 radical (unpaired) electrons. The van der Waals surface area contributed by atoms with Crippen molar-refractivity contribution in [1.82, 2.24) is 4.98 Å². The molecule has 108 valence electrons. The minimum atomic E-state index is -0.178. The smallest absolute Gasteiger partial charge is 0.262 e. The molecule has 1 aliphatic rings. The van der Waals surface area contributed by atoms with Gasteiger partial charge in [0.15, 0.2) is 12.4 Å². The third-order valence-corrected chi connectivity index (χ3v) is 4.05. The van der Waals surface area contributed by atoms with E-state index < -0.39 is 0 Å². The molecule has 22 heavy (non-hydrogen) atoms. The topological polar surface area (TPSA) is 51.2 Å². The van der Waals surface area contributed by atoms with Gasteiger partial charge < -0.3 is 10.1 Å². The summed E-state index contributed by atoms with van der Waals surface area (Å²) in [5.41, 5.74) is 2.37. The molecule has 0 atom stereocenters. The second-order valence-electron chi connectivity index (χ2n) is 5.05. The van der Waals surface area contributed by atoms with Crippen molar-refractivity contribution in [3.8, 4) is 16.9 Å². The molecule has 0 saturated heterocycles. The highest BCUT2D eigenvalue weighted by Gasteiger charge is 2.21. The molecule has 2 heterocycles. The number of hydrogen-bond acceptors (Lipinski definition) is 3. The van der Waals surface area contributed by atoms with Crippen LogP contribution in [0, 0.1) is 0 Å². The van der Waals surface area contributed by atoms with Crippen molar-refractivity contribution < 1.29 is 9.53 Å². The van der Waals surface area contributed by atoms with Crippen molar-refractivity contribution >= 4 is 34.0 Å². The summed E-state index contributed by atoms with van der Waals surface area (Å²) in [5, 5.41) is 5.35. The zero-order valence-electron chi connectivity index (χ0n) is 11.5. The molecular weight excluding hydrogens is 300 g/mol. The Morgan fingerprint density at radius 2 is 1.95 bits per heavy atom. The van der Waals surface area contributed by atoms with Gasteiger partial charge in [-0.1, -0.05) is 41.9 Å². The fraction of sp³-hybridized carbons (Fsp3) is 0.0588. The summed E-state index contributed by atoms with van der Waals surface area (Å²) in [5.74, 6) is 0.329. The van der Waals surface area contributed by atoms with Gasteiger partial charge in [-0.2, -0.15) is 0 Å². The summed E-state index contributed by atoms with van der Waals surface area (Å²) in [7, 11) is 0. The van der Waals surface area contributed by atoms with Gasteiger partial charge in [-0.3, -0.25) is 9.78 Å². The van der Waals surface area contributed by atoms with Crippen LogP contribution in [0.1, 0.15) is 0 Å². The van der Waals surface area contributed by atoms with Crippen LogP contribution in [0.5, 0.6) is 5.75 Å². The van der Waals surface area contributed by atoms with Crippen LogP contribution in [-0.4, -0.2) is 17.5 Å². The van der Waals surface area contributed by atoms with Gasteiger partial charge in [0.1, 0.15) is 0 Å². The lowest BCUT2D eigenvalue weighted by Gasteiger charge is -2.20. The van der Waals surface area contributed by atoms with Crippen LogP contribution in [0.2, 0.25) is 5.02 Å². The highest BCUT2D eigenvalue weighted by molar-refractivity contribution is 6.36. The number of nitrogens with one attached hydrogen (secondary N) is 1. The number of carbonyl (C=O) groups excluding carboxylic acids is 1. The SMILES string of the molecule is O=C1COc2c(ccc(-c3cncc4ccccc34)c2Cl)N1. The van der Waals surface area contributed by atoms with Crippen LogP contribution in [0.15, 0.2) is 48.8 Å². The summed E-state index contributed by atoms with van der Waals surface area (Å²) in [4.78, 5) is 15.7. The number of anilines is 1. The fourth-order valence-electron chi connectivity index (χ4n) is 2.66. The first-order valence-corrected chi connectivity index (χ1v) is 7.20. The number of fused-ring (bicyclic) bond motifs is 2. The molecule has 0 saturated carbocycles. The van der Waals surface area contributed by atoms with Crippen molar-refractivity contribution in [3.63, 3.8) is 0 Å². The van der Waals surface area contributed by atoms with Crippen LogP contribution in [0.4, 0.5) is 5.69 Å². The van der Waals surface area contributed by atoms with Crippen LogP contribution >= 0.6 is 11.6 Å². The van der Waals surface area contributed by atoms with Gasteiger partial charge in [-0.15, -0.1) is 0 Å². The van der Waals surface area contributed by atoms with Gasteiger partial charge in [-0.25, -0.2) is 0 Å². The number of rotatable bonds is 1. The Hall–Kier alpha value is -2.59. The molecule has 4 nitrogen and oxygen atoms in total. The number of ether oxygens (including phenoxy) is 1. The standard InChI is InChI=1S/C17H11ClN2O2/c18-16-12(5-6-14-17(16)22-9-15(21)20-14)13-8-19-7-10-3-1-2-4-11(10)13/h1-8H,9H2,(H,20,21). The number of pyridine rings is 1. The molecule has 3 aromatic rings. The van der Waals surface area contributed by atoms with E-state index in [0.717, 1.165) is 21.9 Å². The molecule has 0 bridgehead atoms. The Balaban J connectivity index is 1.94. The molecule has 5 heteroatoms. The van der Waals surface area contributed by atoms with E-state index in [1.807, 2.05) is 36.5 Å². The van der Waals surface area contributed by atoms with Gasteiger partial charge in [0.05, 0.1) is 10.7 Å². The van der Waals surface area contributed by atoms with Gasteiger partial charge >= 0.3 is 0 Å². The lowest BCUT2D eigenvalue weighted by Crippen LogP contribution is -2.25. The molecule has 0 spiro atoms. The predicted molar refractivity (Wildman–Crippen MR) is 86.3 cm³/mol. The van der Waals surface area contributed by atoms with Crippen molar-refractivity contribution in [2.75, 3.05) is 11.9 Å². The molecule has 1 aromatic heterocycles. The van der Waals surface area contributed by atoms with Gasteiger partial charge in [0.25, 0.3) is 5.91 Å². The number of benzene rings is 2. The first kappa shape index (κ1) is 13.1. The van der Waals surface area contributed by atoms with Crippen LogP contribution < -0.4 is 10.1 Å². The lowest BCUT2D eigenvalue weighted by molar-refractivity contribution is -0.118. The van der Waals surface area contributed by atoms with E-state index in [0.29, 0.717) is 16.5 Å². The molecule has 0 unspecified atom stereocenters. The number of nitrogens with zero attached hydrogens (tertiary/aromatic N) is 1. The van der Waals surface area contributed by atoms with Gasteiger partial charge in [0.2, 0.25) is 0 Å². The van der Waals surface area contributed by atoms with E-state index in [9.17, 15) is 4.79 Å². The highest BCUT2D eigenvalue weighted by atomic mass is 35.5. The fourth-order valence-corrected chi connectivity index (χ4v) is 2.98. The maximum atomic E-state index is 11.4. The molecule has 1 amide bonds. The zero-order valence-corrected chi connectivity index (χ0v) is 12.2. The summed E-state index contributed by atoms with van der Waals surface area (Å²) < 4.78 is 5.48. The van der Waals surface area contributed by atoms with E-state index in [-0.39, 0.29) is 12.5 Å². The molecule has 0 fully saturated rings. The quantitative estimate of drug-likeness (QED) is 0.742. The molecule has 2 aromatic carbocycles. The van der Waals surface area contributed by atoms with Gasteiger partial charge in [-0.05, 0) is 11.5 Å². The van der Waals surface area contributed by atoms with E-state index in [1.165, 1.54) is 0 Å². The first-order chi connectivity index (χ1) is 10.7. The molecule has 4 rings (SSSR count). The van der Waals surface area contributed by atoms with E-state index in [4.69, 9.17) is 16.3 Å². The first-order valence-electron chi connectivity index (χ1n) is 6.82. The normalized spacial score (nSPS) is 13.4. The van der Waals surface area contributed by atoms with E-state index in [1.54, 1.807) is 12.3 Å². The van der Waals surface area contributed by atoms with Crippen LogP contribution in [0.25, 0.3) is 21.9 Å². The number of hydrogen-bond donors (Lipinski definition) is 1. The molecule has 1 N–H and O–H groups in total.